The third-order valence-corrected chi connectivity index (χ3v) is 5.93. The van der Waals surface area contributed by atoms with Gasteiger partial charge in [0.2, 0.25) is 0 Å². The second kappa shape index (κ2) is 10.8. The average Bonchev–Trinajstić information content (AvgIpc) is 3.34. The first-order valence-electron chi connectivity index (χ1n) is 10.9. The molecule has 0 amide bonds. The van der Waals surface area contributed by atoms with Crippen LogP contribution >= 0.6 is 0 Å². The Morgan fingerprint density at radius 2 is 1.07 bits per heavy atom. The highest BCUT2D eigenvalue weighted by atomic mass is 16.3. The van der Waals surface area contributed by atoms with Crippen molar-refractivity contribution in [3.8, 4) is 11.5 Å². The minimum absolute atomic E-state index is 0.331. The van der Waals surface area contributed by atoms with Crippen LogP contribution in [0.5, 0.6) is 11.5 Å². The van der Waals surface area contributed by atoms with Gasteiger partial charge in [-0.25, -0.2) is 0 Å². The summed E-state index contributed by atoms with van der Waals surface area (Å²) in [5.74, 6) is 0.662. The summed E-state index contributed by atoms with van der Waals surface area (Å²) in [6, 6.07) is 15.2. The van der Waals surface area contributed by atoms with E-state index in [4.69, 9.17) is 0 Å². The molecule has 1 aliphatic rings. The van der Waals surface area contributed by atoms with Gasteiger partial charge < -0.3 is 10.2 Å². The van der Waals surface area contributed by atoms with Gasteiger partial charge in [-0.15, -0.1) is 10.9 Å². The molecule has 3 rings (SSSR count). The molecule has 2 aromatic carbocycles. The molecule has 1 heterocycles. The highest BCUT2D eigenvalue weighted by Gasteiger charge is 2.38. The summed E-state index contributed by atoms with van der Waals surface area (Å²) in [5, 5.41) is 19.0. The molecule has 0 aliphatic carbocycles. The van der Waals surface area contributed by atoms with Gasteiger partial charge in [0.1, 0.15) is 11.5 Å². The van der Waals surface area contributed by atoms with Crippen molar-refractivity contribution in [3.63, 3.8) is 0 Å². The van der Waals surface area contributed by atoms with Crippen molar-refractivity contribution in [1.29, 1.82) is 0 Å². The molecule has 0 saturated heterocycles. The van der Waals surface area contributed by atoms with Crippen LogP contribution in [0.3, 0.4) is 0 Å². The number of allylic oxidation sites excluding steroid dienone is 2. The molecule has 0 bridgehead atoms. The van der Waals surface area contributed by atoms with E-state index in [1.165, 1.54) is 67.6 Å². The van der Waals surface area contributed by atoms with Gasteiger partial charge in [0, 0.05) is 49.4 Å². The van der Waals surface area contributed by atoms with E-state index in [0.29, 0.717) is 18.1 Å². The number of phenols is 2. The van der Waals surface area contributed by atoms with E-state index in [-0.39, 0.29) is 0 Å². The third-order valence-electron chi connectivity index (χ3n) is 5.93. The van der Waals surface area contributed by atoms with Crippen molar-refractivity contribution < 1.29 is 10.2 Å². The van der Waals surface area contributed by atoms with Gasteiger partial charge in [-0.1, -0.05) is 24.3 Å². The Bertz CT molecular complexity index is 724. The first-order valence-corrected chi connectivity index (χ1v) is 10.9. The van der Waals surface area contributed by atoms with Gasteiger partial charge in [-0.3, -0.25) is 0 Å². The summed E-state index contributed by atoms with van der Waals surface area (Å²) < 4.78 is 0. The highest BCUT2D eigenvalue weighted by Crippen LogP contribution is 2.35. The molecular weight excluding hydrogens is 332 g/mol. The fourth-order valence-corrected chi connectivity index (χ4v) is 4.17. The van der Waals surface area contributed by atoms with Crippen LogP contribution < -0.4 is 0 Å². The summed E-state index contributed by atoms with van der Waals surface area (Å²) in [5.41, 5.74) is 5.73. The van der Waals surface area contributed by atoms with Crippen molar-refractivity contribution in [2.24, 2.45) is 0 Å². The number of hydrogen-bond acceptors (Lipinski definition) is 2. The van der Waals surface area contributed by atoms with Crippen LogP contribution in [0.1, 0.15) is 11.1 Å². The molecule has 0 radical (unpaired) electrons. The van der Waals surface area contributed by atoms with Gasteiger partial charge in [0.15, 0.2) is 6.60 Å². The van der Waals surface area contributed by atoms with Crippen molar-refractivity contribution in [3.05, 3.63) is 70.6 Å². The van der Waals surface area contributed by atoms with Crippen LogP contribution in [0, 0.1) is 0 Å². The molecule has 2 aromatic rings. The van der Waals surface area contributed by atoms with Crippen molar-refractivity contribution in [1.82, 2.24) is 0 Å². The topological polar surface area (TPSA) is 40.5 Å². The SMILES string of the molecule is BBBBBBBBBB1C(Cc2ccc(O)cc2)=C1Cc1ccc(O)cc1. The molecule has 0 unspecified atom stereocenters. The molecule has 130 valence electrons. The van der Waals surface area contributed by atoms with Gasteiger partial charge in [-0.2, -0.15) is 0 Å². The molecule has 0 atom stereocenters. The number of hydrogen-bond donors (Lipinski definition) is 2. The van der Waals surface area contributed by atoms with Crippen LogP contribution in [0.25, 0.3) is 0 Å². The van der Waals surface area contributed by atoms with Crippen LogP contribution in [-0.4, -0.2) is 81.0 Å². The predicted octanol–water partition coefficient (Wildman–Crippen LogP) is -3.29. The molecule has 1 aliphatic heterocycles. The number of aromatic hydroxyl groups is 2. The Morgan fingerprint density at radius 1 is 0.643 bits per heavy atom. The summed E-state index contributed by atoms with van der Waals surface area (Å²) in [6.45, 7) is 0.651. The van der Waals surface area contributed by atoms with Crippen LogP contribution in [0.4, 0.5) is 0 Å². The fraction of sp³-hybridized carbons (Fsp3) is 0.125. The molecule has 0 fully saturated rings. The Morgan fingerprint density at radius 3 is 1.54 bits per heavy atom. The summed E-state index contributed by atoms with van der Waals surface area (Å²) in [7, 11) is 13.0. The van der Waals surface area contributed by atoms with E-state index >= 15 is 0 Å². The van der Waals surface area contributed by atoms with Gasteiger partial charge in [0.25, 0.3) is 0 Å². The largest absolute Gasteiger partial charge is 0.508 e. The summed E-state index contributed by atoms with van der Waals surface area (Å²) in [6.07, 6.45) is 1.99. The lowest BCUT2D eigenvalue weighted by Gasteiger charge is -1.99. The van der Waals surface area contributed by atoms with Crippen molar-refractivity contribution in [2.45, 2.75) is 12.8 Å². The second-order valence-electron chi connectivity index (χ2n) is 8.20. The fourth-order valence-electron chi connectivity index (χ4n) is 4.17. The maximum atomic E-state index is 9.52. The van der Waals surface area contributed by atoms with Crippen molar-refractivity contribution in [2.75, 3.05) is 0 Å². The van der Waals surface area contributed by atoms with E-state index in [0.717, 1.165) is 12.8 Å². The highest BCUT2D eigenvalue weighted by molar-refractivity contribution is 7.70. The first-order chi connectivity index (χ1) is 13.7. The van der Waals surface area contributed by atoms with Crippen LogP contribution in [0.2, 0.25) is 0 Å². The van der Waals surface area contributed by atoms with E-state index in [1.54, 1.807) is 35.2 Å². The van der Waals surface area contributed by atoms with E-state index in [1.807, 2.05) is 24.3 Å². The van der Waals surface area contributed by atoms with E-state index in [9.17, 15) is 10.2 Å². The summed E-state index contributed by atoms with van der Waals surface area (Å²) in [4.78, 5) is 0. The number of phenolic OH excluding ortho intramolecular Hbond substituents is 2. The zero-order valence-corrected chi connectivity index (χ0v) is 17.2. The maximum Gasteiger partial charge on any atom is 0.154 e. The third kappa shape index (κ3) is 6.50. The second-order valence-corrected chi connectivity index (χ2v) is 8.20. The Balaban J connectivity index is 1.53. The first kappa shape index (κ1) is 21.1. The maximum absolute atomic E-state index is 9.52. The monoisotopic (exact) mass is 358 g/mol. The molecule has 0 spiro atoms. The standard InChI is InChI=1S/C16H24B10O2/c17-18-19-20-21-22-23-24-25-26-15(9-11-1-5-13(27)6-2-11)16(26)10-12-3-7-14(28)8-4-12/h1-8,18-25,27-28H,9-10,17H2. The Kier molecular flexibility index (Phi) is 8.18. The zero-order valence-electron chi connectivity index (χ0n) is 17.2. The Labute approximate surface area is 176 Å². The molecule has 28 heavy (non-hydrogen) atoms. The zero-order chi connectivity index (χ0) is 19.8. The Hall–Kier alpha value is -1.57. The predicted molar refractivity (Wildman–Crippen MR) is 142 cm³/mol. The lowest BCUT2D eigenvalue weighted by molar-refractivity contribution is 0.474. The quantitative estimate of drug-likeness (QED) is 0.309. The lowest BCUT2D eigenvalue weighted by Crippen LogP contribution is -2.33. The summed E-state index contributed by atoms with van der Waals surface area (Å²) >= 11 is 0. The van der Waals surface area contributed by atoms with Gasteiger partial charge in [-0.05, 0) is 48.2 Å². The number of rotatable bonds is 12. The average molecular weight is 356 g/mol. The minimum Gasteiger partial charge on any atom is -0.508 e. The van der Waals surface area contributed by atoms with E-state index in [2.05, 4.69) is 7.74 Å². The molecule has 2 N–H and O–H groups in total. The molecule has 12 heteroatoms. The normalized spacial score (nSPS) is 12.1. The van der Waals surface area contributed by atoms with E-state index < -0.39 is 0 Å². The lowest BCUT2D eigenvalue weighted by atomic mass is 8.88. The van der Waals surface area contributed by atoms with Gasteiger partial charge >= 0.3 is 0 Å². The molecule has 0 aromatic heterocycles. The molecule has 2 nitrogen and oxygen atoms in total. The molecular formula is C16H24B10O2. The smallest absolute Gasteiger partial charge is 0.154 e. The van der Waals surface area contributed by atoms with Crippen LogP contribution in [0.15, 0.2) is 59.5 Å². The van der Waals surface area contributed by atoms with Crippen molar-refractivity contribution >= 4 is 70.8 Å². The van der Waals surface area contributed by atoms with Gasteiger partial charge in [0.05, 0.1) is 14.8 Å². The minimum atomic E-state index is 0.331. The number of benzene rings is 2. The molecule has 0 saturated carbocycles. The van der Waals surface area contributed by atoms with Crippen LogP contribution in [-0.2, 0) is 12.8 Å².